The molecule has 6 heteroatoms. The van der Waals surface area contributed by atoms with Crippen LogP contribution in [0.3, 0.4) is 0 Å². The number of amides is 1. The molecule has 0 atom stereocenters. The minimum absolute atomic E-state index is 0.0329. The third-order valence-electron chi connectivity index (χ3n) is 2.92. The molecule has 1 fully saturated rings. The normalized spacial score (nSPS) is 14.5. The number of nitrogens with one attached hydrogen (secondary N) is 1. The summed E-state index contributed by atoms with van der Waals surface area (Å²) in [5.41, 5.74) is 1.48. The van der Waals surface area contributed by atoms with Crippen LogP contribution >= 0.6 is 0 Å². The van der Waals surface area contributed by atoms with Crippen molar-refractivity contribution in [3.8, 4) is 11.4 Å². The molecule has 0 aliphatic heterocycles. The fourth-order valence-corrected chi connectivity index (χ4v) is 1.77. The van der Waals surface area contributed by atoms with Crippen LogP contribution in [0.25, 0.3) is 11.4 Å². The Morgan fingerprint density at radius 1 is 1.44 bits per heavy atom. The van der Waals surface area contributed by atoms with Crippen LogP contribution in [0.4, 0.5) is 0 Å². The van der Waals surface area contributed by atoms with Gasteiger partial charge in [-0.05, 0) is 35.4 Å². The first-order valence-electron chi connectivity index (χ1n) is 5.88. The maximum Gasteiger partial charge on any atom is 0.251 e. The van der Waals surface area contributed by atoms with E-state index in [0.29, 0.717) is 17.4 Å². The molecule has 3 rings (SSSR count). The molecule has 1 aromatic carbocycles. The van der Waals surface area contributed by atoms with Crippen LogP contribution < -0.4 is 5.32 Å². The van der Waals surface area contributed by atoms with Crippen LogP contribution in [0.5, 0.6) is 0 Å². The van der Waals surface area contributed by atoms with Crippen molar-refractivity contribution in [2.24, 2.45) is 7.05 Å². The third kappa shape index (κ3) is 2.09. The largest absolute Gasteiger partial charge is 0.349 e. The Morgan fingerprint density at radius 3 is 2.94 bits per heavy atom. The third-order valence-corrected chi connectivity index (χ3v) is 2.92. The molecule has 1 saturated carbocycles. The van der Waals surface area contributed by atoms with Gasteiger partial charge in [0.25, 0.3) is 5.91 Å². The summed E-state index contributed by atoms with van der Waals surface area (Å²) in [7, 11) is 1.77. The number of carbonyl (C=O) groups excluding carboxylic acids is 1. The number of hydrogen-bond donors (Lipinski definition) is 1. The van der Waals surface area contributed by atoms with Gasteiger partial charge in [-0.15, -0.1) is 5.10 Å². The topological polar surface area (TPSA) is 72.7 Å². The molecule has 0 saturated heterocycles. The van der Waals surface area contributed by atoms with Crippen LogP contribution in [-0.2, 0) is 7.05 Å². The summed E-state index contributed by atoms with van der Waals surface area (Å²) in [5.74, 6) is 0.616. The highest BCUT2D eigenvalue weighted by Gasteiger charge is 2.23. The number of carbonyl (C=O) groups is 1. The molecular formula is C12H13N5O. The van der Waals surface area contributed by atoms with Crippen LogP contribution in [0, 0.1) is 0 Å². The Balaban J connectivity index is 1.88. The van der Waals surface area contributed by atoms with Crippen molar-refractivity contribution >= 4 is 5.91 Å². The van der Waals surface area contributed by atoms with Gasteiger partial charge in [0.05, 0.1) is 0 Å². The summed E-state index contributed by atoms with van der Waals surface area (Å²) in [6.45, 7) is 0. The molecule has 18 heavy (non-hydrogen) atoms. The molecule has 1 aliphatic rings. The number of aryl methyl sites for hydroxylation is 1. The van der Waals surface area contributed by atoms with Gasteiger partial charge in [-0.2, -0.15) is 0 Å². The molecule has 6 nitrogen and oxygen atoms in total. The Morgan fingerprint density at radius 2 is 2.28 bits per heavy atom. The number of rotatable bonds is 3. The number of benzene rings is 1. The number of aromatic nitrogens is 4. The van der Waals surface area contributed by atoms with Crippen molar-refractivity contribution in [2.45, 2.75) is 18.9 Å². The zero-order valence-electron chi connectivity index (χ0n) is 10.00. The van der Waals surface area contributed by atoms with Crippen LogP contribution in [0.2, 0.25) is 0 Å². The summed E-state index contributed by atoms with van der Waals surface area (Å²) in [6, 6.07) is 7.69. The van der Waals surface area contributed by atoms with E-state index in [1.165, 1.54) is 0 Å². The highest BCUT2D eigenvalue weighted by molar-refractivity contribution is 5.95. The standard InChI is InChI=1S/C12H13N5O/c1-17-11(14-15-16-17)8-3-2-4-9(7-8)12(18)13-10-5-6-10/h2-4,7,10H,5-6H2,1H3,(H,13,18). The van der Waals surface area contributed by atoms with E-state index in [1.54, 1.807) is 17.8 Å². The highest BCUT2D eigenvalue weighted by atomic mass is 16.1. The predicted molar refractivity (Wildman–Crippen MR) is 64.7 cm³/mol. The van der Waals surface area contributed by atoms with Crippen molar-refractivity contribution in [2.75, 3.05) is 0 Å². The van der Waals surface area contributed by atoms with Gasteiger partial charge in [0.15, 0.2) is 5.82 Å². The molecular weight excluding hydrogens is 230 g/mol. The van der Waals surface area contributed by atoms with Gasteiger partial charge in [0, 0.05) is 24.2 Å². The fraction of sp³-hybridized carbons (Fsp3) is 0.333. The van der Waals surface area contributed by atoms with E-state index in [-0.39, 0.29) is 5.91 Å². The maximum atomic E-state index is 11.9. The van der Waals surface area contributed by atoms with Gasteiger partial charge in [-0.1, -0.05) is 12.1 Å². The summed E-state index contributed by atoms with van der Waals surface area (Å²) in [4.78, 5) is 11.9. The Hall–Kier alpha value is -2.24. The second-order valence-corrected chi connectivity index (χ2v) is 4.45. The summed E-state index contributed by atoms with van der Waals surface area (Å²) in [5, 5.41) is 14.3. The number of tetrazole rings is 1. The highest BCUT2D eigenvalue weighted by Crippen LogP contribution is 2.21. The van der Waals surface area contributed by atoms with Crippen molar-refractivity contribution in [3.63, 3.8) is 0 Å². The minimum Gasteiger partial charge on any atom is -0.349 e. The van der Waals surface area contributed by atoms with E-state index in [0.717, 1.165) is 18.4 Å². The lowest BCUT2D eigenvalue weighted by Gasteiger charge is -2.05. The molecule has 0 spiro atoms. The summed E-state index contributed by atoms with van der Waals surface area (Å²) >= 11 is 0. The summed E-state index contributed by atoms with van der Waals surface area (Å²) < 4.78 is 1.58. The molecule has 1 amide bonds. The molecule has 2 aromatic rings. The van der Waals surface area contributed by atoms with E-state index in [9.17, 15) is 4.79 Å². The lowest BCUT2D eigenvalue weighted by Crippen LogP contribution is -2.25. The SMILES string of the molecule is Cn1nnnc1-c1cccc(C(=O)NC2CC2)c1. The second-order valence-electron chi connectivity index (χ2n) is 4.45. The lowest BCUT2D eigenvalue weighted by molar-refractivity contribution is 0.0951. The van der Waals surface area contributed by atoms with Crippen LogP contribution in [0.15, 0.2) is 24.3 Å². The van der Waals surface area contributed by atoms with Gasteiger partial charge in [0.2, 0.25) is 0 Å². The predicted octanol–water partition coefficient (Wildman–Crippen LogP) is 0.769. The second kappa shape index (κ2) is 4.21. The smallest absolute Gasteiger partial charge is 0.251 e. The van der Waals surface area contributed by atoms with Crippen molar-refractivity contribution in [1.82, 2.24) is 25.5 Å². The Kier molecular flexibility index (Phi) is 2.55. The van der Waals surface area contributed by atoms with Crippen LogP contribution in [-0.4, -0.2) is 32.2 Å². The molecule has 1 heterocycles. The van der Waals surface area contributed by atoms with E-state index in [1.807, 2.05) is 18.2 Å². The van der Waals surface area contributed by atoms with E-state index < -0.39 is 0 Å². The van der Waals surface area contributed by atoms with Crippen LogP contribution in [0.1, 0.15) is 23.2 Å². The number of hydrogen-bond acceptors (Lipinski definition) is 4. The zero-order valence-corrected chi connectivity index (χ0v) is 10.00. The molecule has 0 bridgehead atoms. The van der Waals surface area contributed by atoms with Crippen molar-refractivity contribution in [1.29, 1.82) is 0 Å². The molecule has 1 N–H and O–H groups in total. The monoisotopic (exact) mass is 243 g/mol. The first-order chi connectivity index (χ1) is 8.74. The molecule has 1 aromatic heterocycles. The van der Waals surface area contributed by atoms with Gasteiger partial charge in [-0.25, -0.2) is 4.68 Å². The average molecular weight is 243 g/mol. The van der Waals surface area contributed by atoms with Gasteiger partial charge in [0.1, 0.15) is 0 Å². The Labute approximate surface area is 104 Å². The quantitative estimate of drug-likeness (QED) is 0.864. The first-order valence-corrected chi connectivity index (χ1v) is 5.88. The fourth-order valence-electron chi connectivity index (χ4n) is 1.77. The van der Waals surface area contributed by atoms with Gasteiger partial charge < -0.3 is 5.32 Å². The van der Waals surface area contributed by atoms with E-state index in [2.05, 4.69) is 20.8 Å². The molecule has 0 radical (unpaired) electrons. The van der Waals surface area contributed by atoms with E-state index in [4.69, 9.17) is 0 Å². The Bertz CT molecular complexity index is 588. The van der Waals surface area contributed by atoms with E-state index >= 15 is 0 Å². The zero-order chi connectivity index (χ0) is 12.5. The average Bonchev–Trinajstić information content (AvgIpc) is 3.09. The molecule has 92 valence electrons. The van der Waals surface area contributed by atoms with Gasteiger partial charge >= 0.3 is 0 Å². The first kappa shape index (κ1) is 10.9. The minimum atomic E-state index is -0.0329. The van der Waals surface area contributed by atoms with Crippen molar-refractivity contribution in [3.05, 3.63) is 29.8 Å². The number of nitrogens with zero attached hydrogens (tertiary/aromatic N) is 4. The molecule has 1 aliphatic carbocycles. The molecule has 0 unspecified atom stereocenters. The summed E-state index contributed by atoms with van der Waals surface area (Å²) in [6.07, 6.45) is 2.16. The lowest BCUT2D eigenvalue weighted by atomic mass is 10.1. The maximum absolute atomic E-state index is 11.9. The van der Waals surface area contributed by atoms with Gasteiger partial charge in [-0.3, -0.25) is 4.79 Å². The van der Waals surface area contributed by atoms with Crippen molar-refractivity contribution < 1.29 is 4.79 Å².